The molecule has 1 aliphatic heterocycles. The van der Waals surface area contributed by atoms with Crippen molar-refractivity contribution in [2.24, 2.45) is 13.0 Å². The molecule has 0 aromatic carbocycles. The van der Waals surface area contributed by atoms with Crippen molar-refractivity contribution in [2.75, 3.05) is 32.8 Å². The third kappa shape index (κ3) is 4.74. The van der Waals surface area contributed by atoms with Gasteiger partial charge in [0.2, 0.25) is 10.0 Å². The van der Waals surface area contributed by atoms with Crippen molar-refractivity contribution >= 4 is 21.6 Å². The topological polar surface area (TPSA) is 76.5 Å². The summed E-state index contributed by atoms with van der Waals surface area (Å²) in [7, 11) is -2.07. The first-order chi connectivity index (χ1) is 11.8. The molecule has 7 nitrogen and oxygen atoms in total. The number of sulfonamides is 1. The molecule has 0 bridgehead atoms. The summed E-state index contributed by atoms with van der Waals surface area (Å²) in [5.41, 5.74) is 0.408. The number of nitrogens with one attached hydrogen (secondary N) is 1. The van der Waals surface area contributed by atoms with Gasteiger partial charge < -0.3 is 4.74 Å². The lowest BCUT2D eigenvalue weighted by Crippen LogP contribution is -2.52. The summed E-state index contributed by atoms with van der Waals surface area (Å²) in [5, 5.41) is 4.23. The molecule has 1 atom stereocenters. The molecule has 0 saturated carbocycles. The Morgan fingerprint density at radius 2 is 1.88 bits per heavy atom. The van der Waals surface area contributed by atoms with Gasteiger partial charge in [-0.1, -0.05) is 38.3 Å². The molecule has 0 amide bonds. The minimum atomic E-state index is -3.71. The predicted molar refractivity (Wildman–Crippen MR) is 98.4 cm³/mol. The van der Waals surface area contributed by atoms with Gasteiger partial charge in [-0.15, -0.1) is 0 Å². The summed E-state index contributed by atoms with van der Waals surface area (Å²) < 4.78 is 35.1. The fraction of sp³-hybridized carbons (Fsp3) is 0.812. The summed E-state index contributed by atoms with van der Waals surface area (Å²) >= 11 is 6.13. The maximum Gasteiger partial charge on any atom is 0.245 e. The lowest BCUT2D eigenvalue weighted by atomic mass is 9.92. The summed E-state index contributed by atoms with van der Waals surface area (Å²) in [6.45, 7) is 9.36. The Morgan fingerprint density at radius 1 is 1.28 bits per heavy atom. The van der Waals surface area contributed by atoms with E-state index in [2.05, 4.69) is 28.6 Å². The molecule has 2 heterocycles. The number of nitrogens with zero attached hydrogens (tertiary/aromatic N) is 3. The lowest BCUT2D eigenvalue weighted by Gasteiger charge is -2.38. The summed E-state index contributed by atoms with van der Waals surface area (Å²) in [4.78, 5) is 2.41. The molecule has 25 heavy (non-hydrogen) atoms. The molecule has 1 aromatic rings. The molecule has 144 valence electrons. The van der Waals surface area contributed by atoms with Crippen molar-refractivity contribution in [3.05, 3.63) is 10.8 Å². The van der Waals surface area contributed by atoms with E-state index in [1.165, 1.54) is 4.68 Å². The number of morpholine rings is 1. The largest absolute Gasteiger partial charge is 0.379 e. The van der Waals surface area contributed by atoms with E-state index < -0.39 is 10.0 Å². The van der Waals surface area contributed by atoms with E-state index in [9.17, 15) is 8.42 Å². The minimum Gasteiger partial charge on any atom is -0.379 e. The van der Waals surface area contributed by atoms with Gasteiger partial charge in [-0.2, -0.15) is 5.10 Å². The second-order valence-corrected chi connectivity index (χ2v) is 8.53. The first-order valence-electron chi connectivity index (χ1n) is 8.82. The molecule has 1 N–H and O–H groups in total. The van der Waals surface area contributed by atoms with Crippen molar-refractivity contribution in [2.45, 2.75) is 44.6 Å². The number of aryl methyl sites for hydroxylation is 2. The molecule has 9 heteroatoms. The van der Waals surface area contributed by atoms with Crippen LogP contribution in [0.25, 0.3) is 0 Å². The first-order valence-corrected chi connectivity index (χ1v) is 10.7. The SMILES string of the molecule is CCC(CC)C(CNS(=O)(=O)c1c(C)nn(C)c1Cl)N1CCOCC1. The highest BCUT2D eigenvalue weighted by Crippen LogP contribution is 2.25. The van der Waals surface area contributed by atoms with Crippen LogP contribution in [0.5, 0.6) is 0 Å². The highest BCUT2D eigenvalue weighted by molar-refractivity contribution is 7.89. The molecule has 0 aliphatic carbocycles. The third-order valence-electron chi connectivity index (χ3n) is 4.96. The van der Waals surface area contributed by atoms with Crippen LogP contribution in [0.15, 0.2) is 4.90 Å². The van der Waals surface area contributed by atoms with Crippen LogP contribution in [0.4, 0.5) is 0 Å². The average Bonchev–Trinajstić information content (AvgIpc) is 2.85. The number of rotatable bonds is 8. The van der Waals surface area contributed by atoms with Crippen molar-refractivity contribution in [3.63, 3.8) is 0 Å². The molecular formula is C16H29ClN4O3S. The molecule has 2 rings (SSSR count). The Kier molecular flexibility index (Phi) is 7.28. The van der Waals surface area contributed by atoms with Gasteiger partial charge in [0.15, 0.2) is 0 Å². The van der Waals surface area contributed by atoms with Crippen LogP contribution in [0.3, 0.4) is 0 Å². The first kappa shape index (κ1) is 20.6. The molecule has 1 fully saturated rings. The van der Waals surface area contributed by atoms with Crippen LogP contribution in [0, 0.1) is 12.8 Å². The Bertz CT molecular complexity index is 667. The highest BCUT2D eigenvalue weighted by Gasteiger charge is 2.30. The fourth-order valence-corrected chi connectivity index (χ4v) is 5.32. The van der Waals surface area contributed by atoms with E-state index in [0.29, 0.717) is 31.4 Å². The zero-order valence-electron chi connectivity index (χ0n) is 15.5. The summed E-state index contributed by atoms with van der Waals surface area (Å²) in [6.07, 6.45) is 2.01. The van der Waals surface area contributed by atoms with Crippen molar-refractivity contribution in [3.8, 4) is 0 Å². The zero-order valence-corrected chi connectivity index (χ0v) is 17.0. The Morgan fingerprint density at radius 3 is 2.36 bits per heavy atom. The van der Waals surface area contributed by atoms with Gasteiger partial charge in [0.1, 0.15) is 10.0 Å². The molecule has 0 spiro atoms. The maximum absolute atomic E-state index is 12.8. The normalized spacial score (nSPS) is 18.0. The Labute approximate surface area is 155 Å². The van der Waals surface area contributed by atoms with Crippen molar-refractivity contribution in [1.82, 2.24) is 19.4 Å². The zero-order chi connectivity index (χ0) is 18.6. The van der Waals surface area contributed by atoms with Crippen LogP contribution >= 0.6 is 11.6 Å². The number of hydrogen-bond acceptors (Lipinski definition) is 5. The van der Waals surface area contributed by atoms with Crippen molar-refractivity contribution < 1.29 is 13.2 Å². The molecule has 1 saturated heterocycles. The minimum absolute atomic E-state index is 0.0712. The second kappa shape index (κ2) is 8.81. The van der Waals surface area contributed by atoms with Crippen LogP contribution in [-0.2, 0) is 21.8 Å². The Hall–Kier alpha value is -0.670. The van der Waals surface area contributed by atoms with E-state index in [1.54, 1.807) is 14.0 Å². The van der Waals surface area contributed by atoms with Gasteiger partial charge in [-0.25, -0.2) is 13.1 Å². The average molecular weight is 393 g/mol. The molecular weight excluding hydrogens is 364 g/mol. The fourth-order valence-electron chi connectivity index (χ4n) is 3.52. The molecule has 1 aliphatic rings. The third-order valence-corrected chi connectivity index (χ3v) is 7.08. The monoisotopic (exact) mass is 392 g/mol. The van der Waals surface area contributed by atoms with Crippen LogP contribution in [0.1, 0.15) is 32.4 Å². The van der Waals surface area contributed by atoms with Crippen LogP contribution < -0.4 is 4.72 Å². The van der Waals surface area contributed by atoms with Gasteiger partial charge in [-0.3, -0.25) is 9.58 Å². The maximum atomic E-state index is 12.8. The molecule has 1 aromatic heterocycles. The van der Waals surface area contributed by atoms with Crippen molar-refractivity contribution in [1.29, 1.82) is 0 Å². The van der Waals surface area contributed by atoms with E-state index in [-0.39, 0.29) is 16.1 Å². The number of ether oxygens (including phenoxy) is 1. The summed E-state index contributed by atoms with van der Waals surface area (Å²) in [6, 6.07) is 0.143. The smallest absolute Gasteiger partial charge is 0.245 e. The number of hydrogen-bond donors (Lipinski definition) is 1. The molecule has 1 unspecified atom stereocenters. The van der Waals surface area contributed by atoms with Gasteiger partial charge in [0.05, 0.1) is 18.9 Å². The van der Waals surface area contributed by atoms with Gasteiger partial charge in [0.25, 0.3) is 0 Å². The van der Waals surface area contributed by atoms with Gasteiger partial charge in [-0.05, 0) is 12.8 Å². The van der Waals surface area contributed by atoms with E-state index in [4.69, 9.17) is 16.3 Å². The number of aromatic nitrogens is 2. The van der Waals surface area contributed by atoms with E-state index in [0.717, 1.165) is 25.9 Å². The van der Waals surface area contributed by atoms with E-state index >= 15 is 0 Å². The standard InChI is InChI=1S/C16H29ClN4O3S/c1-5-13(6-2)14(21-7-9-24-10-8-21)11-18-25(22,23)15-12(3)19-20(4)16(15)17/h13-14,18H,5-11H2,1-4H3. The number of halogens is 1. The molecule has 0 radical (unpaired) electrons. The summed E-state index contributed by atoms with van der Waals surface area (Å²) in [5.74, 6) is 0.422. The van der Waals surface area contributed by atoms with Gasteiger partial charge >= 0.3 is 0 Å². The van der Waals surface area contributed by atoms with Crippen LogP contribution in [-0.4, -0.2) is 62.0 Å². The predicted octanol–water partition coefficient (Wildman–Crippen LogP) is 1.80. The Balaban J connectivity index is 2.18. The second-order valence-electron chi connectivity index (χ2n) is 6.47. The quantitative estimate of drug-likeness (QED) is 0.729. The van der Waals surface area contributed by atoms with Gasteiger partial charge in [0, 0.05) is 32.7 Å². The van der Waals surface area contributed by atoms with E-state index in [1.807, 2.05) is 0 Å². The highest BCUT2D eigenvalue weighted by atomic mass is 35.5. The lowest BCUT2D eigenvalue weighted by molar-refractivity contribution is 0.00297. The van der Waals surface area contributed by atoms with Crippen LogP contribution in [0.2, 0.25) is 5.15 Å².